The third-order valence-electron chi connectivity index (χ3n) is 6.08. The van der Waals surface area contributed by atoms with E-state index in [4.69, 9.17) is 10.5 Å². The minimum absolute atomic E-state index is 0.173. The van der Waals surface area contributed by atoms with Gasteiger partial charge in [-0.2, -0.15) is 0 Å². The Morgan fingerprint density at radius 3 is 2.45 bits per heavy atom. The predicted octanol–water partition coefficient (Wildman–Crippen LogP) is 3.08. The number of nitrogens with two attached hydrogens (primary N) is 1. The van der Waals surface area contributed by atoms with Crippen LogP contribution < -0.4 is 11.1 Å². The lowest BCUT2D eigenvalue weighted by Crippen LogP contribution is -2.55. The first-order valence-corrected chi connectivity index (χ1v) is 8.58. The van der Waals surface area contributed by atoms with Crippen LogP contribution >= 0.6 is 0 Å². The molecule has 0 aromatic rings. The zero-order valence-corrected chi connectivity index (χ0v) is 13.7. The fourth-order valence-electron chi connectivity index (χ4n) is 3.83. The molecule has 1 aliphatic heterocycles. The fraction of sp³-hybridized carbons (Fsp3) is 1.00. The molecular formula is C17H34N2O. The van der Waals surface area contributed by atoms with Crippen LogP contribution in [0.3, 0.4) is 0 Å². The van der Waals surface area contributed by atoms with Gasteiger partial charge in [0.15, 0.2) is 0 Å². The molecule has 2 rings (SSSR count). The van der Waals surface area contributed by atoms with Crippen LogP contribution in [-0.4, -0.2) is 31.3 Å². The molecule has 0 bridgehead atoms. The summed E-state index contributed by atoms with van der Waals surface area (Å²) in [6.45, 7) is 9.85. The molecule has 1 saturated heterocycles. The standard InChI is InChI=1S/C17H34N2O/c1-4-16(2,3)14-7-9-17(13-18,10-8-14)19-12-15-6-5-11-20-15/h14-15,19H,4-13,18H2,1-3H3. The Kier molecular flexibility index (Phi) is 5.49. The van der Waals surface area contributed by atoms with Crippen LogP contribution in [-0.2, 0) is 4.74 Å². The molecule has 0 aromatic carbocycles. The van der Waals surface area contributed by atoms with Crippen LogP contribution in [0.5, 0.6) is 0 Å². The SMILES string of the molecule is CCC(C)(C)C1CCC(CN)(NCC2CCCO2)CC1. The van der Waals surface area contributed by atoms with Crippen molar-refractivity contribution >= 4 is 0 Å². The topological polar surface area (TPSA) is 47.3 Å². The first kappa shape index (κ1) is 16.3. The average molecular weight is 282 g/mol. The van der Waals surface area contributed by atoms with Gasteiger partial charge in [0.25, 0.3) is 0 Å². The Hall–Kier alpha value is -0.120. The van der Waals surface area contributed by atoms with E-state index < -0.39 is 0 Å². The molecule has 1 heterocycles. The van der Waals surface area contributed by atoms with Crippen LogP contribution in [0.4, 0.5) is 0 Å². The Morgan fingerprint density at radius 1 is 1.25 bits per heavy atom. The summed E-state index contributed by atoms with van der Waals surface area (Å²) in [6, 6.07) is 0. The van der Waals surface area contributed by atoms with Gasteiger partial charge in [-0.05, 0) is 49.9 Å². The second-order valence-corrected chi connectivity index (χ2v) is 7.62. The van der Waals surface area contributed by atoms with Crippen LogP contribution in [0, 0.1) is 11.3 Å². The lowest BCUT2D eigenvalue weighted by Gasteiger charge is -2.45. The number of hydrogen-bond donors (Lipinski definition) is 2. The van der Waals surface area contributed by atoms with Gasteiger partial charge in [0.1, 0.15) is 0 Å². The third kappa shape index (κ3) is 3.75. The number of rotatable bonds is 6. The summed E-state index contributed by atoms with van der Waals surface area (Å²) in [5.74, 6) is 0.858. The molecule has 0 radical (unpaired) electrons. The zero-order chi connectivity index (χ0) is 14.6. The second kappa shape index (κ2) is 6.76. The molecule has 1 atom stereocenters. The van der Waals surface area contributed by atoms with Crippen LogP contribution in [0.1, 0.15) is 65.7 Å². The van der Waals surface area contributed by atoms with E-state index in [9.17, 15) is 0 Å². The number of ether oxygens (including phenoxy) is 1. The van der Waals surface area contributed by atoms with E-state index in [0.717, 1.165) is 25.6 Å². The molecule has 20 heavy (non-hydrogen) atoms. The summed E-state index contributed by atoms with van der Waals surface area (Å²) < 4.78 is 5.72. The van der Waals surface area contributed by atoms with Gasteiger partial charge in [-0.25, -0.2) is 0 Å². The van der Waals surface area contributed by atoms with E-state index in [1.807, 2.05) is 0 Å². The Labute approximate surface area is 125 Å². The van der Waals surface area contributed by atoms with Gasteiger partial charge in [0, 0.05) is 25.2 Å². The van der Waals surface area contributed by atoms with E-state index in [-0.39, 0.29) is 5.54 Å². The smallest absolute Gasteiger partial charge is 0.0700 e. The minimum atomic E-state index is 0.173. The van der Waals surface area contributed by atoms with E-state index in [0.29, 0.717) is 11.5 Å². The van der Waals surface area contributed by atoms with E-state index in [2.05, 4.69) is 26.1 Å². The van der Waals surface area contributed by atoms with Gasteiger partial charge in [-0.15, -0.1) is 0 Å². The lowest BCUT2D eigenvalue weighted by molar-refractivity contribution is 0.0746. The zero-order valence-electron chi connectivity index (χ0n) is 13.7. The molecule has 1 aliphatic carbocycles. The molecule has 0 amide bonds. The Bertz CT molecular complexity index is 289. The molecule has 0 aromatic heterocycles. The maximum Gasteiger partial charge on any atom is 0.0700 e. The largest absolute Gasteiger partial charge is 0.377 e. The highest BCUT2D eigenvalue weighted by Gasteiger charge is 2.39. The maximum absolute atomic E-state index is 6.11. The highest BCUT2D eigenvalue weighted by molar-refractivity contribution is 4.97. The van der Waals surface area contributed by atoms with Crippen molar-refractivity contribution in [3.63, 3.8) is 0 Å². The molecule has 1 saturated carbocycles. The van der Waals surface area contributed by atoms with Crippen molar-refractivity contribution in [3.8, 4) is 0 Å². The van der Waals surface area contributed by atoms with Crippen LogP contribution in [0.2, 0.25) is 0 Å². The van der Waals surface area contributed by atoms with Crippen molar-refractivity contribution in [2.45, 2.75) is 77.4 Å². The maximum atomic E-state index is 6.11. The van der Waals surface area contributed by atoms with Crippen molar-refractivity contribution in [1.29, 1.82) is 0 Å². The number of hydrogen-bond acceptors (Lipinski definition) is 3. The van der Waals surface area contributed by atoms with Gasteiger partial charge in [-0.1, -0.05) is 27.2 Å². The normalized spacial score (nSPS) is 35.4. The molecule has 3 heteroatoms. The highest BCUT2D eigenvalue weighted by atomic mass is 16.5. The molecule has 3 nitrogen and oxygen atoms in total. The lowest BCUT2D eigenvalue weighted by atomic mass is 9.65. The monoisotopic (exact) mass is 282 g/mol. The van der Waals surface area contributed by atoms with Gasteiger partial charge in [-0.3, -0.25) is 0 Å². The minimum Gasteiger partial charge on any atom is -0.377 e. The van der Waals surface area contributed by atoms with E-state index >= 15 is 0 Å². The summed E-state index contributed by atoms with van der Waals surface area (Å²) in [5, 5.41) is 3.77. The molecular weight excluding hydrogens is 248 g/mol. The predicted molar refractivity (Wildman–Crippen MR) is 84.8 cm³/mol. The van der Waals surface area contributed by atoms with Gasteiger partial charge >= 0.3 is 0 Å². The van der Waals surface area contributed by atoms with Crippen molar-refractivity contribution in [1.82, 2.24) is 5.32 Å². The quantitative estimate of drug-likeness (QED) is 0.787. The summed E-state index contributed by atoms with van der Waals surface area (Å²) in [7, 11) is 0. The Balaban J connectivity index is 1.84. The Morgan fingerprint density at radius 2 is 1.95 bits per heavy atom. The summed E-state index contributed by atoms with van der Waals surface area (Å²) in [4.78, 5) is 0. The average Bonchev–Trinajstić information content (AvgIpc) is 2.99. The second-order valence-electron chi connectivity index (χ2n) is 7.62. The fourth-order valence-corrected chi connectivity index (χ4v) is 3.83. The first-order chi connectivity index (χ1) is 9.51. The molecule has 1 unspecified atom stereocenters. The van der Waals surface area contributed by atoms with Gasteiger partial charge in [0.05, 0.1) is 6.10 Å². The molecule has 2 aliphatic rings. The van der Waals surface area contributed by atoms with E-state index in [1.165, 1.54) is 44.9 Å². The first-order valence-electron chi connectivity index (χ1n) is 8.58. The van der Waals surface area contributed by atoms with Crippen molar-refractivity contribution in [2.75, 3.05) is 19.7 Å². The van der Waals surface area contributed by atoms with Crippen molar-refractivity contribution < 1.29 is 4.74 Å². The molecule has 3 N–H and O–H groups in total. The van der Waals surface area contributed by atoms with Gasteiger partial charge in [0.2, 0.25) is 0 Å². The molecule has 0 spiro atoms. The van der Waals surface area contributed by atoms with E-state index in [1.54, 1.807) is 0 Å². The molecule has 2 fully saturated rings. The summed E-state index contributed by atoms with van der Waals surface area (Å²) in [5.41, 5.74) is 6.76. The van der Waals surface area contributed by atoms with Crippen LogP contribution in [0.25, 0.3) is 0 Å². The summed E-state index contributed by atoms with van der Waals surface area (Å²) >= 11 is 0. The molecule has 118 valence electrons. The van der Waals surface area contributed by atoms with Crippen molar-refractivity contribution in [3.05, 3.63) is 0 Å². The highest BCUT2D eigenvalue weighted by Crippen LogP contribution is 2.43. The van der Waals surface area contributed by atoms with Crippen LogP contribution in [0.15, 0.2) is 0 Å². The van der Waals surface area contributed by atoms with Crippen molar-refractivity contribution in [2.24, 2.45) is 17.1 Å². The summed E-state index contributed by atoms with van der Waals surface area (Å²) in [6.07, 6.45) is 9.20. The third-order valence-corrected chi connectivity index (χ3v) is 6.08. The number of nitrogens with one attached hydrogen (secondary N) is 1. The van der Waals surface area contributed by atoms with Gasteiger partial charge < -0.3 is 15.8 Å².